The summed E-state index contributed by atoms with van der Waals surface area (Å²) in [6, 6.07) is 1.86. The van der Waals surface area contributed by atoms with Gasteiger partial charge < -0.3 is 15.6 Å². The quantitative estimate of drug-likeness (QED) is 0.785. The van der Waals surface area contributed by atoms with Gasteiger partial charge in [-0.25, -0.2) is 8.78 Å². The molecule has 1 aromatic carbocycles. The molecule has 0 aliphatic heterocycles. The zero-order chi connectivity index (χ0) is 11.4. The summed E-state index contributed by atoms with van der Waals surface area (Å²) in [6.07, 6.45) is -0.769. The molecule has 1 aromatic rings. The van der Waals surface area contributed by atoms with E-state index in [4.69, 9.17) is 10.5 Å². The van der Waals surface area contributed by atoms with E-state index < -0.39 is 17.7 Å². The molecule has 0 aliphatic carbocycles. The van der Waals surface area contributed by atoms with Crippen molar-refractivity contribution in [1.29, 1.82) is 0 Å². The third-order valence-electron chi connectivity index (χ3n) is 2.02. The van der Waals surface area contributed by atoms with Crippen molar-refractivity contribution in [3.05, 3.63) is 29.3 Å². The first kappa shape index (κ1) is 11.9. The summed E-state index contributed by atoms with van der Waals surface area (Å²) >= 11 is 0. The first-order chi connectivity index (χ1) is 7.08. The fraction of sp³-hybridized carbons (Fsp3) is 0.400. The zero-order valence-corrected chi connectivity index (χ0v) is 8.34. The highest BCUT2D eigenvalue weighted by atomic mass is 19.1. The normalized spacial score (nSPS) is 12.6. The van der Waals surface area contributed by atoms with Crippen LogP contribution in [0.15, 0.2) is 12.1 Å². The highest BCUT2D eigenvalue weighted by Gasteiger charge is 2.14. The van der Waals surface area contributed by atoms with E-state index in [-0.39, 0.29) is 24.3 Å². The number of methoxy groups -OCH3 is 1. The molecule has 0 radical (unpaired) electrons. The second-order valence-corrected chi connectivity index (χ2v) is 3.17. The Morgan fingerprint density at radius 2 is 2.13 bits per heavy atom. The van der Waals surface area contributed by atoms with Crippen LogP contribution in [-0.2, 0) is 6.42 Å². The Bertz CT molecular complexity index is 344. The van der Waals surface area contributed by atoms with Crippen LogP contribution < -0.4 is 10.5 Å². The van der Waals surface area contributed by atoms with Crippen LogP contribution in [-0.4, -0.2) is 24.9 Å². The Morgan fingerprint density at radius 1 is 1.47 bits per heavy atom. The molecule has 1 rings (SSSR count). The van der Waals surface area contributed by atoms with E-state index in [0.29, 0.717) is 0 Å². The maximum absolute atomic E-state index is 13.2. The summed E-state index contributed by atoms with van der Waals surface area (Å²) in [5, 5.41) is 9.29. The molecule has 0 aliphatic rings. The van der Waals surface area contributed by atoms with Crippen LogP contribution in [0.4, 0.5) is 8.78 Å². The largest absolute Gasteiger partial charge is 0.493 e. The van der Waals surface area contributed by atoms with Gasteiger partial charge in [0.1, 0.15) is 5.82 Å². The second-order valence-electron chi connectivity index (χ2n) is 3.17. The maximum Gasteiger partial charge on any atom is 0.168 e. The van der Waals surface area contributed by atoms with Crippen molar-refractivity contribution in [1.82, 2.24) is 0 Å². The predicted octanol–water partition coefficient (Wildman–Crippen LogP) is 0.835. The molecule has 1 unspecified atom stereocenters. The molecule has 3 nitrogen and oxygen atoms in total. The molecular weight excluding hydrogens is 204 g/mol. The predicted molar refractivity (Wildman–Crippen MR) is 51.7 cm³/mol. The van der Waals surface area contributed by atoms with Crippen LogP contribution in [0.3, 0.4) is 0 Å². The lowest BCUT2D eigenvalue weighted by molar-refractivity contribution is 0.181. The van der Waals surface area contributed by atoms with Crippen molar-refractivity contribution >= 4 is 0 Å². The number of hydrogen-bond acceptors (Lipinski definition) is 3. The summed E-state index contributed by atoms with van der Waals surface area (Å²) in [6.45, 7) is 0.0291. The topological polar surface area (TPSA) is 55.5 Å². The minimum Gasteiger partial charge on any atom is -0.493 e. The molecule has 0 saturated carbocycles. The van der Waals surface area contributed by atoms with Crippen LogP contribution in [0.1, 0.15) is 5.56 Å². The molecule has 0 bridgehead atoms. The lowest BCUT2D eigenvalue weighted by Gasteiger charge is -2.12. The van der Waals surface area contributed by atoms with E-state index in [1.165, 1.54) is 7.11 Å². The second kappa shape index (κ2) is 5.04. The Labute approximate surface area is 86.5 Å². The van der Waals surface area contributed by atoms with Crippen LogP contribution in [0.2, 0.25) is 0 Å². The zero-order valence-electron chi connectivity index (χ0n) is 8.34. The maximum atomic E-state index is 13.2. The fourth-order valence-electron chi connectivity index (χ4n) is 1.33. The third-order valence-corrected chi connectivity index (χ3v) is 2.02. The molecule has 0 heterocycles. The Kier molecular flexibility index (Phi) is 3.99. The summed E-state index contributed by atoms with van der Waals surface area (Å²) in [7, 11) is 1.29. The average Bonchev–Trinajstić information content (AvgIpc) is 2.17. The van der Waals surface area contributed by atoms with Gasteiger partial charge in [0.05, 0.1) is 13.2 Å². The van der Waals surface area contributed by atoms with Crippen LogP contribution >= 0.6 is 0 Å². The smallest absolute Gasteiger partial charge is 0.168 e. The first-order valence-electron chi connectivity index (χ1n) is 4.48. The van der Waals surface area contributed by atoms with Crippen molar-refractivity contribution in [2.24, 2.45) is 5.73 Å². The van der Waals surface area contributed by atoms with Gasteiger partial charge in [0.25, 0.3) is 0 Å². The van der Waals surface area contributed by atoms with Crippen molar-refractivity contribution in [2.75, 3.05) is 13.7 Å². The summed E-state index contributed by atoms with van der Waals surface area (Å²) in [5.41, 5.74) is 5.48. The molecule has 5 heteroatoms. The molecule has 3 N–H and O–H groups in total. The molecule has 15 heavy (non-hydrogen) atoms. The summed E-state index contributed by atoms with van der Waals surface area (Å²) in [4.78, 5) is 0. The van der Waals surface area contributed by atoms with Crippen LogP contribution in [0, 0.1) is 11.6 Å². The standard InChI is InChI=1S/C10H13F2NO2/c1-15-10-6(3-8(14)5-13)2-7(11)4-9(10)12/h2,4,8,14H,3,5,13H2,1H3. The van der Waals surface area contributed by atoms with Gasteiger partial charge in [-0.1, -0.05) is 0 Å². The highest BCUT2D eigenvalue weighted by molar-refractivity contribution is 5.36. The van der Waals surface area contributed by atoms with Crippen LogP contribution in [0.25, 0.3) is 0 Å². The lowest BCUT2D eigenvalue weighted by atomic mass is 10.1. The molecular formula is C10H13F2NO2. The van der Waals surface area contributed by atoms with E-state index in [1.54, 1.807) is 0 Å². The SMILES string of the molecule is COc1c(F)cc(F)cc1CC(O)CN. The van der Waals surface area contributed by atoms with Crippen molar-refractivity contribution in [2.45, 2.75) is 12.5 Å². The number of aliphatic hydroxyl groups is 1. The van der Waals surface area contributed by atoms with E-state index in [9.17, 15) is 13.9 Å². The van der Waals surface area contributed by atoms with Gasteiger partial charge in [-0.2, -0.15) is 0 Å². The number of hydrogen-bond donors (Lipinski definition) is 2. The van der Waals surface area contributed by atoms with Gasteiger partial charge >= 0.3 is 0 Å². The third kappa shape index (κ3) is 2.87. The molecule has 0 saturated heterocycles. The number of rotatable bonds is 4. The minimum atomic E-state index is -0.833. The molecule has 84 valence electrons. The molecule has 0 fully saturated rings. The fourth-order valence-corrected chi connectivity index (χ4v) is 1.33. The highest BCUT2D eigenvalue weighted by Crippen LogP contribution is 2.25. The summed E-state index contributed by atoms with van der Waals surface area (Å²) < 4.78 is 30.9. The number of halogens is 2. The first-order valence-corrected chi connectivity index (χ1v) is 4.48. The average molecular weight is 217 g/mol. The monoisotopic (exact) mass is 217 g/mol. The Hall–Kier alpha value is -1.20. The van der Waals surface area contributed by atoms with Gasteiger partial charge in [0.2, 0.25) is 0 Å². The van der Waals surface area contributed by atoms with Crippen LogP contribution in [0.5, 0.6) is 5.75 Å². The van der Waals surface area contributed by atoms with Gasteiger partial charge in [0.15, 0.2) is 11.6 Å². The van der Waals surface area contributed by atoms with Gasteiger partial charge in [-0.15, -0.1) is 0 Å². The molecule has 0 amide bonds. The van der Waals surface area contributed by atoms with E-state index in [1.807, 2.05) is 0 Å². The molecule has 1 atom stereocenters. The van der Waals surface area contributed by atoms with Crippen molar-refractivity contribution < 1.29 is 18.6 Å². The number of aliphatic hydroxyl groups excluding tert-OH is 1. The Morgan fingerprint density at radius 3 is 2.67 bits per heavy atom. The van der Waals surface area contributed by atoms with E-state index >= 15 is 0 Å². The Balaban J connectivity index is 3.03. The minimum absolute atomic E-state index is 0.0291. The van der Waals surface area contributed by atoms with Crippen molar-refractivity contribution in [3.8, 4) is 5.75 Å². The number of benzene rings is 1. The lowest BCUT2D eigenvalue weighted by Crippen LogP contribution is -2.22. The molecule has 0 aromatic heterocycles. The van der Waals surface area contributed by atoms with Crippen molar-refractivity contribution in [3.63, 3.8) is 0 Å². The van der Waals surface area contributed by atoms with E-state index in [2.05, 4.69) is 0 Å². The van der Waals surface area contributed by atoms with Gasteiger partial charge in [0, 0.05) is 24.6 Å². The van der Waals surface area contributed by atoms with Gasteiger partial charge in [-0.05, 0) is 6.07 Å². The molecule has 0 spiro atoms. The number of ether oxygens (including phenoxy) is 1. The van der Waals surface area contributed by atoms with Gasteiger partial charge in [-0.3, -0.25) is 0 Å². The number of nitrogens with two attached hydrogens (primary N) is 1. The van der Waals surface area contributed by atoms with E-state index in [0.717, 1.165) is 12.1 Å². The summed E-state index contributed by atoms with van der Waals surface area (Å²) in [5.74, 6) is -1.53.